The molecule has 2 rings (SSSR count). The van der Waals surface area contributed by atoms with Gasteiger partial charge in [0.05, 0.1) is 29.4 Å². The van der Waals surface area contributed by atoms with Crippen molar-refractivity contribution in [3.05, 3.63) is 83.9 Å². The molecule has 0 unspecified atom stereocenters. The van der Waals surface area contributed by atoms with Crippen LogP contribution in [0, 0.1) is 0 Å². The van der Waals surface area contributed by atoms with Crippen LogP contribution in [0.4, 0.5) is 4.79 Å². The minimum atomic E-state index is -1.57. The Bertz CT molecular complexity index is 909. The van der Waals surface area contributed by atoms with E-state index in [0.717, 1.165) is 0 Å². The molecular formula is C33H50O3Si2. The minimum Gasteiger partial charge on any atom is -0.434 e. The summed E-state index contributed by atoms with van der Waals surface area (Å²) >= 11 is 0. The van der Waals surface area contributed by atoms with E-state index in [0.29, 0.717) is 26.1 Å². The van der Waals surface area contributed by atoms with Crippen LogP contribution in [0.2, 0.25) is 36.3 Å². The van der Waals surface area contributed by atoms with Crippen molar-refractivity contribution in [1.82, 2.24) is 0 Å². The van der Waals surface area contributed by atoms with Crippen molar-refractivity contribution in [2.24, 2.45) is 0 Å². The first kappa shape index (κ1) is 31.8. The van der Waals surface area contributed by atoms with Gasteiger partial charge in [0.1, 0.15) is 0 Å². The number of rotatable bonds is 16. The molecule has 0 amide bonds. The van der Waals surface area contributed by atoms with Gasteiger partial charge >= 0.3 is 6.16 Å². The van der Waals surface area contributed by atoms with E-state index in [2.05, 4.69) is 114 Å². The number of carbonyl (C=O) groups is 1. The average Bonchev–Trinajstić information content (AvgIpc) is 2.98. The molecule has 0 saturated carbocycles. The van der Waals surface area contributed by atoms with E-state index in [4.69, 9.17) is 9.47 Å². The summed E-state index contributed by atoms with van der Waals surface area (Å²) in [5.74, 6) is 0. The molecule has 0 spiro atoms. The number of benzene rings is 2. The van der Waals surface area contributed by atoms with Gasteiger partial charge in [-0.15, -0.1) is 0 Å². The van der Waals surface area contributed by atoms with Crippen molar-refractivity contribution in [2.45, 2.75) is 90.6 Å². The summed E-state index contributed by atoms with van der Waals surface area (Å²) in [5.41, 5.74) is 2.64. The summed E-state index contributed by atoms with van der Waals surface area (Å²) < 4.78 is 10.9. The Morgan fingerprint density at radius 3 is 1.18 bits per heavy atom. The van der Waals surface area contributed by atoms with E-state index in [1.807, 2.05) is 0 Å². The van der Waals surface area contributed by atoms with E-state index in [9.17, 15) is 4.79 Å². The van der Waals surface area contributed by atoms with Gasteiger partial charge in [-0.2, -0.15) is 0 Å². The Hall–Kier alpha value is -2.38. The molecule has 5 heteroatoms. The molecule has 38 heavy (non-hydrogen) atoms. The fourth-order valence-corrected chi connectivity index (χ4v) is 13.9. The first-order valence-electron chi connectivity index (χ1n) is 14.8. The fourth-order valence-electron chi connectivity index (χ4n) is 5.89. The maximum atomic E-state index is 12.3. The summed E-state index contributed by atoms with van der Waals surface area (Å²) in [6, 6.07) is 28.8. The minimum absolute atomic E-state index is 0.347. The highest BCUT2D eigenvalue weighted by Crippen LogP contribution is 2.36. The van der Waals surface area contributed by atoms with Crippen LogP contribution in [0.25, 0.3) is 10.4 Å². The third-order valence-electron chi connectivity index (χ3n) is 8.75. The first-order chi connectivity index (χ1) is 18.5. The zero-order valence-corrected chi connectivity index (χ0v) is 26.7. The molecule has 0 radical (unpaired) electrons. The standard InChI is InChI=1S/C33H50O3Si2/c1-7-37(8-2,9-3)31(29-21-15-13-16-22-29)25-19-27-35-33(34)36-28-20-26-32(30-23-17-14-18-24-30)38(10-4,11-5)12-6/h13-18,21-26H,7-12,19-20,27-28H2,1-6H3/b31-25+,32-26+. The van der Waals surface area contributed by atoms with Crippen molar-refractivity contribution in [3.8, 4) is 0 Å². The molecule has 2 aromatic carbocycles. The Balaban J connectivity index is 1.99. The van der Waals surface area contributed by atoms with Crippen molar-refractivity contribution in [3.63, 3.8) is 0 Å². The highest BCUT2D eigenvalue weighted by Gasteiger charge is 2.33. The SMILES string of the molecule is CC[Si](CC)(CC)/C(=C/CCOC(=O)OCC/C=C(\c1ccccc1)[Si](CC)(CC)CC)c1ccccc1. The Labute approximate surface area is 234 Å². The molecule has 0 bridgehead atoms. The Morgan fingerprint density at radius 2 is 0.895 bits per heavy atom. The molecule has 0 saturated heterocycles. The number of carbonyl (C=O) groups excluding carboxylic acids is 1. The fraction of sp³-hybridized carbons (Fsp3) is 0.485. The molecule has 3 nitrogen and oxygen atoms in total. The zero-order valence-electron chi connectivity index (χ0n) is 24.7. The van der Waals surface area contributed by atoms with Gasteiger partial charge in [0.25, 0.3) is 0 Å². The van der Waals surface area contributed by atoms with Crippen LogP contribution in [0.15, 0.2) is 72.8 Å². The van der Waals surface area contributed by atoms with Crippen LogP contribution < -0.4 is 0 Å². The lowest BCUT2D eigenvalue weighted by Gasteiger charge is -2.32. The van der Waals surface area contributed by atoms with Gasteiger partial charge in [-0.25, -0.2) is 4.79 Å². The topological polar surface area (TPSA) is 35.5 Å². The van der Waals surface area contributed by atoms with Crippen LogP contribution >= 0.6 is 0 Å². The molecule has 0 aliphatic heterocycles. The zero-order chi connectivity index (χ0) is 27.9. The molecule has 0 fully saturated rings. The number of hydrogen-bond acceptors (Lipinski definition) is 3. The molecule has 0 N–H and O–H groups in total. The van der Waals surface area contributed by atoms with Gasteiger partial charge < -0.3 is 9.47 Å². The van der Waals surface area contributed by atoms with Gasteiger partial charge in [0.2, 0.25) is 0 Å². The van der Waals surface area contributed by atoms with E-state index in [-0.39, 0.29) is 0 Å². The van der Waals surface area contributed by atoms with Gasteiger partial charge in [-0.3, -0.25) is 0 Å². The molecule has 0 aliphatic rings. The van der Waals surface area contributed by atoms with E-state index >= 15 is 0 Å². The highest BCUT2D eigenvalue weighted by molar-refractivity contribution is 6.97. The molecule has 2 aromatic rings. The van der Waals surface area contributed by atoms with Crippen molar-refractivity contribution in [1.29, 1.82) is 0 Å². The summed E-state index contributed by atoms with van der Waals surface area (Å²) in [6.45, 7) is 14.7. The molecule has 0 atom stereocenters. The van der Waals surface area contributed by atoms with Crippen molar-refractivity contribution < 1.29 is 14.3 Å². The predicted octanol–water partition coefficient (Wildman–Crippen LogP) is 10.2. The van der Waals surface area contributed by atoms with Gasteiger partial charge in [-0.05, 0) is 24.0 Å². The molecule has 0 aliphatic carbocycles. The largest absolute Gasteiger partial charge is 0.508 e. The quantitative estimate of drug-likeness (QED) is 0.118. The smallest absolute Gasteiger partial charge is 0.434 e. The van der Waals surface area contributed by atoms with Gasteiger partial charge in [0, 0.05) is 0 Å². The van der Waals surface area contributed by atoms with Crippen LogP contribution in [-0.4, -0.2) is 35.5 Å². The summed E-state index contributed by atoms with van der Waals surface area (Å²) in [4.78, 5) is 12.3. The van der Waals surface area contributed by atoms with Crippen LogP contribution in [0.5, 0.6) is 0 Å². The average molecular weight is 551 g/mol. The van der Waals surface area contributed by atoms with Gasteiger partial charge in [-0.1, -0.05) is 161 Å². The summed E-state index contributed by atoms with van der Waals surface area (Å²) in [7, 11) is -3.14. The van der Waals surface area contributed by atoms with Gasteiger partial charge in [0.15, 0.2) is 0 Å². The first-order valence-corrected chi connectivity index (χ1v) is 20.0. The monoisotopic (exact) mass is 550 g/mol. The second kappa shape index (κ2) is 16.6. The number of hydrogen-bond donors (Lipinski definition) is 0. The second-order valence-corrected chi connectivity index (χ2v) is 20.6. The Morgan fingerprint density at radius 1 is 0.579 bits per heavy atom. The Kier molecular flexibility index (Phi) is 13.9. The van der Waals surface area contributed by atoms with E-state index in [1.165, 1.54) is 57.8 Å². The van der Waals surface area contributed by atoms with Crippen LogP contribution in [0.3, 0.4) is 0 Å². The maximum absolute atomic E-state index is 12.3. The maximum Gasteiger partial charge on any atom is 0.508 e. The number of ether oxygens (including phenoxy) is 2. The van der Waals surface area contributed by atoms with Crippen LogP contribution in [0.1, 0.15) is 65.5 Å². The summed E-state index contributed by atoms with van der Waals surface area (Å²) in [6.07, 6.45) is 5.51. The van der Waals surface area contributed by atoms with E-state index < -0.39 is 22.3 Å². The van der Waals surface area contributed by atoms with Crippen molar-refractivity contribution >= 4 is 32.7 Å². The van der Waals surface area contributed by atoms with Crippen molar-refractivity contribution in [2.75, 3.05) is 13.2 Å². The lowest BCUT2D eigenvalue weighted by molar-refractivity contribution is 0.0578. The normalized spacial score (nSPS) is 12.9. The highest BCUT2D eigenvalue weighted by atomic mass is 28.3. The molecule has 0 heterocycles. The molecular weight excluding hydrogens is 501 g/mol. The summed E-state index contributed by atoms with van der Waals surface area (Å²) in [5, 5.41) is 2.99. The predicted molar refractivity (Wildman–Crippen MR) is 170 cm³/mol. The van der Waals surface area contributed by atoms with Crippen LogP contribution in [-0.2, 0) is 9.47 Å². The lowest BCUT2D eigenvalue weighted by atomic mass is 10.2. The molecule has 208 valence electrons. The third-order valence-corrected chi connectivity index (χ3v) is 20.1. The third kappa shape index (κ3) is 8.31. The second-order valence-electron chi connectivity index (χ2n) is 10.2. The molecule has 0 aromatic heterocycles. The lowest BCUT2D eigenvalue weighted by Crippen LogP contribution is -2.33. The van der Waals surface area contributed by atoms with E-state index in [1.54, 1.807) is 0 Å².